The standard InChI is InChI=1S/C24H24F5N7/c1-15-4-3-9-36(15)23-32-20(17-7-6-16(25)14-19(17)26)31-22(33-23)35-12-10-34(11-13-35)21-18(24(27,28)29)5-2-8-30-21/h2,5-8,14-15H,3-4,9-13H2,1H3. The Labute approximate surface area is 204 Å². The van der Waals surface area contributed by atoms with Gasteiger partial charge in [-0.3, -0.25) is 0 Å². The van der Waals surface area contributed by atoms with Crippen LogP contribution in [0.25, 0.3) is 11.4 Å². The summed E-state index contributed by atoms with van der Waals surface area (Å²) in [7, 11) is 0. The van der Waals surface area contributed by atoms with E-state index in [0.717, 1.165) is 37.6 Å². The first-order valence-electron chi connectivity index (χ1n) is 11.7. The van der Waals surface area contributed by atoms with Gasteiger partial charge in [0.15, 0.2) is 5.82 Å². The minimum Gasteiger partial charge on any atom is -0.353 e. The molecule has 1 unspecified atom stereocenters. The normalized spacial score (nSPS) is 18.7. The first kappa shape index (κ1) is 24.1. The van der Waals surface area contributed by atoms with Crippen molar-refractivity contribution in [3.63, 3.8) is 0 Å². The number of anilines is 3. The summed E-state index contributed by atoms with van der Waals surface area (Å²) in [4.78, 5) is 23.0. The van der Waals surface area contributed by atoms with Crippen LogP contribution in [0, 0.1) is 11.6 Å². The highest BCUT2D eigenvalue weighted by atomic mass is 19.4. The van der Waals surface area contributed by atoms with Crippen molar-refractivity contribution in [2.45, 2.75) is 32.0 Å². The van der Waals surface area contributed by atoms with Crippen molar-refractivity contribution in [2.75, 3.05) is 47.4 Å². The lowest BCUT2D eigenvalue weighted by Gasteiger charge is -2.36. The number of aromatic nitrogens is 4. The molecule has 0 radical (unpaired) electrons. The monoisotopic (exact) mass is 505 g/mol. The molecule has 0 saturated carbocycles. The minimum absolute atomic E-state index is 0.0510. The number of pyridine rings is 1. The van der Waals surface area contributed by atoms with Crippen molar-refractivity contribution < 1.29 is 22.0 Å². The van der Waals surface area contributed by atoms with Crippen molar-refractivity contribution in [1.82, 2.24) is 19.9 Å². The fraction of sp³-hybridized carbons (Fsp3) is 0.417. The van der Waals surface area contributed by atoms with E-state index in [1.165, 1.54) is 18.3 Å². The van der Waals surface area contributed by atoms with Gasteiger partial charge in [0.05, 0.1) is 11.1 Å². The van der Waals surface area contributed by atoms with Crippen molar-refractivity contribution in [3.05, 3.63) is 53.7 Å². The first-order valence-corrected chi connectivity index (χ1v) is 11.7. The highest BCUT2D eigenvalue weighted by Crippen LogP contribution is 2.36. The van der Waals surface area contributed by atoms with E-state index in [0.29, 0.717) is 25.0 Å². The zero-order valence-electron chi connectivity index (χ0n) is 19.5. The topological polar surface area (TPSA) is 61.3 Å². The zero-order valence-corrected chi connectivity index (χ0v) is 19.5. The Bertz CT molecular complexity index is 1240. The van der Waals surface area contributed by atoms with Crippen LogP contribution in [0.3, 0.4) is 0 Å². The molecule has 2 aromatic heterocycles. The molecule has 2 aliphatic heterocycles. The van der Waals surface area contributed by atoms with Gasteiger partial charge in [-0.2, -0.15) is 28.1 Å². The predicted molar refractivity (Wildman–Crippen MR) is 125 cm³/mol. The van der Waals surface area contributed by atoms with E-state index in [1.807, 2.05) is 9.80 Å². The molecule has 2 fully saturated rings. The molecule has 5 rings (SSSR count). The average Bonchev–Trinajstić information content (AvgIpc) is 3.29. The van der Waals surface area contributed by atoms with Gasteiger partial charge >= 0.3 is 6.18 Å². The fourth-order valence-electron chi connectivity index (χ4n) is 4.63. The second-order valence-electron chi connectivity index (χ2n) is 8.91. The van der Waals surface area contributed by atoms with E-state index >= 15 is 0 Å². The molecule has 2 aliphatic rings. The Morgan fingerprint density at radius 2 is 1.61 bits per heavy atom. The van der Waals surface area contributed by atoms with Gasteiger partial charge in [0.25, 0.3) is 0 Å². The Hall–Kier alpha value is -3.57. The van der Waals surface area contributed by atoms with Crippen LogP contribution in [0.4, 0.5) is 39.7 Å². The highest BCUT2D eigenvalue weighted by molar-refractivity contribution is 5.60. The van der Waals surface area contributed by atoms with Gasteiger partial charge in [0.1, 0.15) is 17.5 Å². The minimum atomic E-state index is -4.51. The summed E-state index contributed by atoms with van der Waals surface area (Å²) in [5.41, 5.74) is -0.729. The van der Waals surface area contributed by atoms with E-state index in [-0.39, 0.29) is 36.3 Å². The molecule has 7 nitrogen and oxygen atoms in total. The van der Waals surface area contributed by atoms with Crippen LogP contribution in [0.2, 0.25) is 0 Å². The van der Waals surface area contributed by atoms with Gasteiger partial charge in [-0.1, -0.05) is 0 Å². The molecular formula is C24H24F5N7. The van der Waals surface area contributed by atoms with Crippen LogP contribution in [0.15, 0.2) is 36.5 Å². The third-order valence-electron chi connectivity index (χ3n) is 6.55. The first-order chi connectivity index (χ1) is 17.2. The van der Waals surface area contributed by atoms with Gasteiger partial charge in [-0.25, -0.2) is 13.8 Å². The second kappa shape index (κ2) is 9.47. The summed E-state index contributed by atoms with van der Waals surface area (Å²) in [6, 6.07) is 5.69. The fourth-order valence-corrected chi connectivity index (χ4v) is 4.63. The van der Waals surface area contributed by atoms with Crippen LogP contribution in [0.1, 0.15) is 25.3 Å². The SMILES string of the molecule is CC1CCCN1c1nc(-c2ccc(F)cc2F)nc(N2CCN(c3ncccc3C(F)(F)F)CC2)n1. The molecule has 2 saturated heterocycles. The number of hydrogen-bond acceptors (Lipinski definition) is 7. The second-order valence-corrected chi connectivity index (χ2v) is 8.91. The predicted octanol–water partition coefficient (Wildman–Crippen LogP) is 4.55. The Morgan fingerprint density at radius 1 is 0.889 bits per heavy atom. The van der Waals surface area contributed by atoms with Crippen molar-refractivity contribution in [1.29, 1.82) is 0 Å². The molecule has 0 aliphatic carbocycles. The number of hydrogen-bond donors (Lipinski definition) is 0. The van der Waals surface area contributed by atoms with Crippen LogP contribution in [-0.2, 0) is 6.18 Å². The number of benzene rings is 1. The maximum absolute atomic E-state index is 14.6. The Morgan fingerprint density at radius 3 is 2.28 bits per heavy atom. The number of alkyl halides is 3. The van der Waals surface area contributed by atoms with Crippen molar-refractivity contribution in [3.8, 4) is 11.4 Å². The number of nitrogens with zero attached hydrogens (tertiary/aromatic N) is 7. The molecule has 3 aromatic rings. The Balaban J connectivity index is 1.45. The number of halogens is 5. The van der Waals surface area contributed by atoms with Crippen LogP contribution in [0.5, 0.6) is 0 Å². The summed E-state index contributed by atoms with van der Waals surface area (Å²) in [6.07, 6.45) is -1.24. The summed E-state index contributed by atoms with van der Waals surface area (Å²) in [5.74, 6) is -0.821. The molecule has 1 atom stereocenters. The molecule has 190 valence electrons. The lowest BCUT2D eigenvalue weighted by atomic mass is 10.2. The van der Waals surface area contributed by atoms with E-state index in [9.17, 15) is 22.0 Å². The molecule has 0 bridgehead atoms. The smallest absolute Gasteiger partial charge is 0.353 e. The van der Waals surface area contributed by atoms with Crippen LogP contribution < -0.4 is 14.7 Å². The number of rotatable bonds is 4. The maximum Gasteiger partial charge on any atom is 0.419 e. The zero-order chi connectivity index (χ0) is 25.4. The Kier molecular flexibility index (Phi) is 6.35. The lowest BCUT2D eigenvalue weighted by molar-refractivity contribution is -0.137. The molecule has 0 amide bonds. The van der Waals surface area contributed by atoms with E-state index in [4.69, 9.17) is 0 Å². The summed E-state index contributed by atoms with van der Waals surface area (Å²) in [6.45, 7) is 3.99. The molecule has 1 aromatic carbocycles. The maximum atomic E-state index is 14.6. The van der Waals surface area contributed by atoms with Gasteiger partial charge in [-0.15, -0.1) is 0 Å². The lowest BCUT2D eigenvalue weighted by Crippen LogP contribution is -2.48. The largest absolute Gasteiger partial charge is 0.419 e. The molecular weight excluding hydrogens is 481 g/mol. The van der Waals surface area contributed by atoms with E-state index < -0.39 is 23.4 Å². The number of piperazine rings is 1. The summed E-state index contributed by atoms with van der Waals surface area (Å²) in [5, 5.41) is 0. The van der Waals surface area contributed by atoms with Crippen molar-refractivity contribution >= 4 is 17.7 Å². The van der Waals surface area contributed by atoms with Gasteiger partial charge in [-0.05, 0) is 44.0 Å². The summed E-state index contributed by atoms with van der Waals surface area (Å²) < 4.78 is 68.5. The van der Waals surface area contributed by atoms with Crippen LogP contribution in [-0.4, -0.2) is 58.7 Å². The van der Waals surface area contributed by atoms with Gasteiger partial charge < -0.3 is 14.7 Å². The molecule has 36 heavy (non-hydrogen) atoms. The highest BCUT2D eigenvalue weighted by Gasteiger charge is 2.36. The molecule has 4 heterocycles. The molecule has 12 heteroatoms. The third-order valence-corrected chi connectivity index (χ3v) is 6.55. The molecule has 0 N–H and O–H groups in total. The van der Waals surface area contributed by atoms with Crippen molar-refractivity contribution in [2.24, 2.45) is 0 Å². The van der Waals surface area contributed by atoms with Crippen LogP contribution >= 0.6 is 0 Å². The summed E-state index contributed by atoms with van der Waals surface area (Å²) >= 11 is 0. The quantitative estimate of drug-likeness (QED) is 0.483. The van der Waals surface area contributed by atoms with Gasteiger partial charge in [0.2, 0.25) is 11.9 Å². The van der Waals surface area contributed by atoms with Gasteiger partial charge in [0, 0.05) is 51.0 Å². The average molecular weight is 505 g/mol. The van der Waals surface area contributed by atoms with E-state index in [2.05, 4.69) is 26.9 Å². The third kappa shape index (κ3) is 4.76. The molecule has 0 spiro atoms. The van der Waals surface area contributed by atoms with E-state index in [1.54, 1.807) is 4.90 Å².